The van der Waals surface area contributed by atoms with Crippen molar-refractivity contribution in [1.29, 1.82) is 0 Å². The molecule has 2 nitrogen and oxygen atoms in total. The topological polar surface area (TPSA) is 20.3 Å². The highest BCUT2D eigenvalue weighted by molar-refractivity contribution is 5.96. The van der Waals surface area contributed by atoms with Crippen molar-refractivity contribution in [3.05, 3.63) is 35.6 Å². The maximum absolute atomic E-state index is 12.8. The fourth-order valence-electron chi connectivity index (χ4n) is 2.74. The number of benzene rings is 1. The molecule has 1 saturated heterocycles. The molecule has 1 aliphatic rings. The van der Waals surface area contributed by atoms with Gasteiger partial charge in [0.05, 0.1) is 0 Å². The first-order valence-corrected chi connectivity index (χ1v) is 7.47. The number of carbonyl (C=O) groups is 1. The Morgan fingerprint density at radius 3 is 2.60 bits per heavy atom. The minimum absolute atomic E-state index is 0.105. The molecule has 110 valence electrons. The summed E-state index contributed by atoms with van der Waals surface area (Å²) in [4.78, 5) is 14.4. The number of hydrogen-bond donors (Lipinski definition) is 0. The zero-order valence-electron chi connectivity index (χ0n) is 12.5. The first-order valence-electron chi connectivity index (χ1n) is 7.47. The van der Waals surface area contributed by atoms with Crippen LogP contribution in [-0.2, 0) is 0 Å². The van der Waals surface area contributed by atoms with Gasteiger partial charge in [-0.25, -0.2) is 4.39 Å². The molecule has 0 saturated carbocycles. The number of hydrogen-bond acceptors (Lipinski definition) is 2. The summed E-state index contributed by atoms with van der Waals surface area (Å²) >= 11 is 0. The highest BCUT2D eigenvalue weighted by Gasteiger charge is 2.23. The van der Waals surface area contributed by atoms with Crippen molar-refractivity contribution in [1.82, 2.24) is 4.90 Å². The molecule has 0 N–H and O–H groups in total. The number of halogens is 1. The SMILES string of the molecule is CC1(C)CCCN(CCC(=O)c2ccc(F)cc2)CC1. The fraction of sp³-hybridized carbons (Fsp3) is 0.588. The lowest BCUT2D eigenvalue weighted by molar-refractivity contribution is 0.0964. The van der Waals surface area contributed by atoms with Crippen LogP contribution in [0.25, 0.3) is 0 Å². The Labute approximate surface area is 121 Å². The second kappa shape index (κ2) is 6.49. The average molecular weight is 277 g/mol. The normalized spacial score (nSPS) is 19.6. The van der Waals surface area contributed by atoms with Crippen molar-refractivity contribution in [3.8, 4) is 0 Å². The van der Waals surface area contributed by atoms with Crippen LogP contribution in [0.1, 0.15) is 49.9 Å². The smallest absolute Gasteiger partial charge is 0.164 e. The second-order valence-electron chi connectivity index (χ2n) is 6.54. The predicted molar refractivity (Wildman–Crippen MR) is 79.4 cm³/mol. The number of rotatable bonds is 4. The van der Waals surface area contributed by atoms with E-state index >= 15 is 0 Å². The van der Waals surface area contributed by atoms with Crippen LogP contribution < -0.4 is 0 Å². The van der Waals surface area contributed by atoms with E-state index in [1.54, 1.807) is 12.1 Å². The summed E-state index contributed by atoms with van der Waals surface area (Å²) < 4.78 is 12.8. The highest BCUT2D eigenvalue weighted by Crippen LogP contribution is 2.29. The monoisotopic (exact) mass is 277 g/mol. The Hall–Kier alpha value is -1.22. The van der Waals surface area contributed by atoms with Crippen LogP contribution in [0.4, 0.5) is 4.39 Å². The van der Waals surface area contributed by atoms with E-state index in [-0.39, 0.29) is 11.6 Å². The maximum atomic E-state index is 12.8. The third-order valence-corrected chi connectivity index (χ3v) is 4.25. The third-order valence-electron chi connectivity index (χ3n) is 4.25. The molecule has 0 aliphatic carbocycles. The lowest BCUT2D eigenvalue weighted by Gasteiger charge is -2.23. The lowest BCUT2D eigenvalue weighted by atomic mass is 9.85. The number of nitrogens with zero attached hydrogens (tertiary/aromatic N) is 1. The number of ketones is 1. The number of Topliss-reactive ketones (excluding diaryl/α,β-unsaturated/α-hetero) is 1. The molecule has 0 spiro atoms. The molecular weight excluding hydrogens is 253 g/mol. The van der Waals surface area contributed by atoms with Crippen LogP contribution in [0.15, 0.2) is 24.3 Å². The van der Waals surface area contributed by atoms with Gasteiger partial charge in [-0.3, -0.25) is 4.79 Å². The minimum Gasteiger partial charge on any atom is -0.303 e. The molecule has 1 aliphatic heterocycles. The summed E-state index contributed by atoms with van der Waals surface area (Å²) in [6, 6.07) is 5.84. The Kier molecular flexibility index (Phi) is 4.92. The van der Waals surface area contributed by atoms with Crippen LogP contribution in [0.3, 0.4) is 0 Å². The van der Waals surface area contributed by atoms with E-state index in [0.717, 1.165) is 19.6 Å². The molecule has 1 aromatic rings. The van der Waals surface area contributed by atoms with E-state index in [4.69, 9.17) is 0 Å². The molecule has 20 heavy (non-hydrogen) atoms. The van der Waals surface area contributed by atoms with Gasteiger partial charge in [0.25, 0.3) is 0 Å². The van der Waals surface area contributed by atoms with Crippen LogP contribution >= 0.6 is 0 Å². The predicted octanol–water partition coefficient (Wildman–Crippen LogP) is 3.91. The molecule has 1 fully saturated rings. The molecule has 2 rings (SSSR count). The minimum atomic E-state index is -0.295. The number of carbonyl (C=O) groups excluding carboxylic acids is 1. The second-order valence-corrected chi connectivity index (χ2v) is 6.54. The average Bonchev–Trinajstić information content (AvgIpc) is 2.58. The van der Waals surface area contributed by atoms with Crippen molar-refractivity contribution in [2.45, 2.75) is 39.5 Å². The van der Waals surface area contributed by atoms with E-state index in [2.05, 4.69) is 18.7 Å². The summed E-state index contributed by atoms with van der Waals surface area (Å²) in [5.74, 6) is -0.190. The van der Waals surface area contributed by atoms with E-state index in [1.165, 1.54) is 31.4 Å². The molecule has 1 heterocycles. The van der Waals surface area contributed by atoms with Gasteiger partial charge in [0.2, 0.25) is 0 Å². The zero-order chi connectivity index (χ0) is 14.6. The Bertz CT molecular complexity index is 453. The van der Waals surface area contributed by atoms with Crippen molar-refractivity contribution in [2.24, 2.45) is 5.41 Å². The molecule has 0 atom stereocenters. The van der Waals surface area contributed by atoms with Gasteiger partial charge in [-0.2, -0.15) is 0 Å². The molecule has 0 radical (unpaired) electrons. The van der Waals surface area contributed by atoms with Gasteiger partial charge >= 0.3 is 0 Å². The number of likely N-dealkylation sites (tertiary alicyclic amines) is 1. The van der Waals surface area contributed by atoms with Crippen LogP contribution in [0, 0.1) is 11.2 Å². The third kappa shape index (κ3) is 4.41. The standard InChI is InChI=1S/C17H24FNO/c1-17(2)9-3-11-19(13-10-17)12-8-16(20)14-4-6-15(18)7-5-14/h4-7H,3,8-13H2,1-2H3. The Morgan fingerprint density at radius 1 is 1.20 bits per heavy atom. The first-order chi connectivity index (χ1) is 9.46. The summed E-state index contributed by atoms with van der Waals surface area (Å²) in [5, 5.41) is 0. The summed E-state index contributed by atoms with van der Waals surface area (Å²) in [5.41, 5.74) is 1.04. The molecule has 0 bridgehead atoms. The summed E-state index contributed by atoms with van der Waals surface area (Å²) in [6.45, 7) is 7.61. The van der Waals surface area contributed by atoms with Gasteiger partial charge in [-0.05, 0) is 62.0 Å². The van der Waals surface area contributed by atoms with E-state index in [9.17, 15) is 9.18 Å². The van der Waals surface area contributed by atoms with Gasteiger partial charge in [-0.15, -0.1) is 0 Å². The van der Waals surface area contributed by atoms with Gasteiger partial charge in [0.1, 0.15) is 5.82 Å². The highest BCUT2D eigenvalue weighted by atomic mass is 19.1. The molecular formula is C17H24FNO. The largest absolute Gasteiger partial charge is 0.303 e. The molecule has 0 aromatic heterocycles. The molecule has 0 amide bonds. The summed E-state index contributed by atoms with van der Waals surface area (Å²) in [6.07, 6.45) is 4.18. The van der Waals surface area contributed by atoms with Crippen molar-refractivity contribution in [3.63, 3.8) is 0 Å². The molecule has 3 heteroatoms. The van der Waals surface area contributed by atoms with Gasteiger partial charge in [-0.1, -0.05) is 13.8 Å². The van der Waals surface area contributed by atoms with Gasteiger partial charge in [0, 0.05) is 18.5 Å². The fourth-order valence-corrected chi connectivity index (χ4v) is 2.74. The molecule has 0 unspecified atom stereocenters. The zero-order valence-corrected chi connectivity index (χ0v) is 12.5. The Balaban J connectivity index is 1.83. The molecule has 1 aromatic carbocycles. The summed E-state index contributed by atoms with van der Waals surface area (Å²) in [7, 11) is 0. The first kappa shape index (κ1) is 15.2. The van der Waals surface area contributed by atoms with Crippen LogP contribution in [0.2, 0.25) is 0 Å². The van der Waals surface area contributed by atoms with Crippen LogP contribution in [0.5, 0.6) is 0 Å². The van der Waals surface area contributed by atoms with Crippen LogP contribution in [-0.4, -0.2) is 30.3 Å². The Morgan fingerprint density at radius 2 is 1.90 bits per heavy atom. The quantitative estimate of drug-likeness (QED) is 0.778. The van der Waals surface area contributed by atoms with Gasteiger partial charge in [0.15, 0.2) is 5.78 Å². The van der Waals surface area contributed by atoms with Gasteiger partial charge < -0.3 is 4.90 Å². The van der Waals surface area contributed by atoms with Crippen molar-refractivity contribution < 1.29 is 9.18 Å². The lowest BCUT2D eigenvalue weighted by Crippen LogP contribution is -2.28. The van der Waals surface area contributed by atoms with E-state index in [0.29, 0.717) is 17.4 Å². The van der Waals surface area contributed by atoms with E-state index < -0.39 is 0 Å². The maximum Gasteiger partial charge on any atom is 0.164 e. The van der Waals surface area contributed by atoms with Crippen molar-refractivity contribution in [2.75, 3.05) is 19.6 Å². The van der Waals surface area contributed by atoms with Crippen molar-refractivity contribution >= 4 is 5.78 Å². The van der Waals surface area contributed by atoms with E-state index in [1.807, 2.05) is 0 Å².